The van der Waals surface area contributed by atoms with E-state index in [1.54, 1.807) is 0 Å². The molecule has 268 valence electrons. The Morgan fingerprint density at radius 2 is 0.741 bits per heavy atom. The van der Waals surface area contributed by atoms with E-state index in [-0.39, 0.29) is 0 Å². The van der Waals surface area contributed by atoms with Crippen LogP contribution in [0.15, 0.2) is 212 Å². The second-order valence-electron chi connectivity index (χ2n) is 16.0. The first-order valence-electron chi connectivity index (χ1n) is 20.3. The second-order valence-corrected chi connectivity index (χ2v) is 16.0. The number of anilines is 3. The molecule has 0 aromatic heterocycles. The molecule has 0 aliphatic heterocycles. The van der Waals surface area contributed by atoms with Gasteiger partial charge in [0.05, 0.1) is 16.8 Å². The van der Waals surface area contributed by atoms with Crippen LogP contribution in [0.25, 0.3) is 77.2 Å². The summed E-state index contributed by atoms with van der Waals surface area (Å²) in [6.45, 7) is 0. The summed E-state index contributed by atoms with van der Waals surface area (Å²) in [5, 5.41) is 5.04. The molecule has 0 amide bonds. The van der Waals surface area contributed by atoms with Crippen LogP contribution in [0.2, 0.25) is 0 Å². The molecule has 10 aromatic rings. The zero-order valence-electron chi connectivity index (χ0n) is 31.7. The highest BCUT2D eigenvalue weighted by Gasteiger charge is 2.53. The van der Waals surface area contributed by atoms with Crippen LogP contribution < -0.4 is 4.90 Å². The summed E-state index contributed by atoms with van der Waals surface area (Å²) in [6.07, 6.45) is 0. The smallest absolute Gasteiger partial charge is 0.0746 e. The van der Waals surface area contributed by atoms with Gasteiger partial charge < -0.3 is 4.90 Å². The van der Waals surface area contributed by atoms with Gasteiger partial charge in [0.1, 0.15) is 0 Å². The Hall–Kier alpha value is -7.48. The van der Waals surface area contributed by atoms with Crippen LogP contribution in [-0.4, -0.2) is 0 Å². The van der Waals surface area contributed by atoms with Crippen LogP contribution >= 0.6 is 0 Å². The molecule has 0 N–H and O–H groups in total. The van der Waals surface area contributed by atoms with Gasteiger partial charge in [-0.25, -0.2) is 0 Å². The molecule has 58 heavy (non-hydrogen) atoms. The van der Waals surface area contributed by atoms with Crippen LogP contribution in [0.1, 0.15) is 22.3 Å². The lowest BCUT2D eigenvalue weighted by atomic mass is 9.70. The summed E-state index contributed by atoms with van der Waals surface area (Å²) >= 11 is 0. The third kappa shape index (κ3) is 4.15. The summed E-state index contributed by atoms with van der Waals surface area (Å²) in [4.78, 5) is 2.56. The first-order valence-corrected chi connectivity index (χ1v) is 20.3. The number of rotatable bonds is 4. The fourth-order valence-electron chi connectivity index (χ4n) is 10.7. The fourth-order valence-corrected chi connectivity index (χ4v) is 10.7. The van der Waals surface area contributed by atoms with Crippen LogP contribution in [-0.2, 0) is 5.41 Å². The zero-order valence-corrected chi connectivity index (χ0v) is 31.7. The maximum absolute atomic E-state index is 2.56. The standard InChI is InChI=1S/C57H35N/c1-2-14-36(15-3-1)37-28-30-41(31-29-37)58(54-26-12-18-40-34-49-47-32-38-16-4-5-17-39(38)33-48(47)50(49)35-46(40)54)55-27-13-22-45-44-21-8-11-25-53(44)57(56(45)55)51-23-9-6-19-42(51)43-20-7-10-24-52(43)57/h1-35H. The van der Waals surface area contributed by atoms with E-state index in [2.05, 4.69) is 217 Å². The van der Waals surface area contributed by atoms with Gasteiger partial charge in [0.25, 0.3) is 0 Å². The number of hydrogen-bond donors (Lipinski definition) is 0. The van der Waals surface area contributed by atoms with Crippen molar-refractivity contribution in [3.63, 3.8) is 0 Å². The average molecular weight is 734 g/mol. The van der Waals surface area contributed by atoms with Gasteiger partial charge in [-0.2, -0.15) is 0 Å². The molecule has 0 radical (unpaired) electrons. The Bertz CT molecular complexity index is 3270. The number of nitrogens with zero attached hydrogens (tertiary/aromatic N) is 1. The van der Waals surface area contributed by atoms with Gasteiger partial charge in [-0.05, 0) is 137 Å². The molecular formula is C57H35N. The molecule has 1 nitrogen and oxygen atoms in total. The second kappa shape index (κ2) is 11.8. The molecule has 1 spiro atoms. The van der Waals surface area contributed by atoms with Gasteiger partial charge in [0, 0.05) is 16.6 Å². The minimum absolute atomic E-state index is 0.494. The zero-order chi connectivity index (χ0) is 38.0. The molecule has 3 aliphatic carbocycles. The van der Waals surface area contributed by atoms with Gasteiger partial charge in [-0.3, -0.25) is 0 Å². The van der Waals surface area contributed by atoms with E-state index in [0.717, 1.165) is 5.69 Å². The van der Waals surface area contributed by atoms with Crippen molar-refractivity contribution in [2.24, 2.45) is 0 Å². The first-order chi connectivity index (χ1) is 28.8. The van der Waals surface area contributed by atoms with Crippen molar-refractivity contribution in [1.29, 1.82) is 0 Å². The highest BCUT2D eigenvalue weighted by Crippen LogP contribution is 2.65. The molecule has 10 aromatic carbocycles. The van der Waals surface area contributed by atoms with Gasteiger partial charge in [-0.1, -0.05) is 164 Å². The third-order valence-corrected chi connectivity index (χ3v) is 13.2. The molecule has 0 fully saturated rings. The van der Waals surface area contributed by atoms with E-state index >= 15 is 0 Å². The largest absolute Gasteiger partial charge is 0.310 e. The summed E-state index contributed by atoms with van der Waals surface area (Å²) in [5.74, 6) is 0. The number of hydrogen-bond acceptors (Lipinski definition) is 1. The Labute approximate surface area is 337 Å². The molecule has 0 heterocycles. The molecule has 0 atom stereocenters. The SMILES string of the molecule is c1ccc(-c2ccc(N(c3cccc4c3C3(c5ccccc5-c5ccccc53)c3ccccc3-4)c3cccc4cc5c(cc34)-c3cc4ccccc4cc3-5)cc2)cc1. The molecule has 0 saturated carbocycles. The number of benzene rings is 10. The lowest BCUT2D eigenvalue weighted by Crippen LogP contribution is -2.28. The molecule has 3 aliphatic rings. The van der Waals surface area contributed by atoms with Crippen molar-refractivity contribution in [2.75, 3.05) is 4.90 Å². The Kier molecular flexibility index (Phi) is 6.43. The summed E-state index contributed by atoms with van der Waals surface area (Å²) in [5.41, 5.74) is 21.3. The van der Waals surface area contributed by atoms with Gasteiger partial charge >= 0.3 is 0 Å². The number of fused-ring (bicyclic) bond motifs is 16. The van der Waals surface area contributed by atoms with Gasteiger partial charge in [0.2, 0.25) is 0 Å². The van der Waals surface area contributed by atoms with Crippen LogP contribution in [0.4, 0.5) is 17.1 Å². The van der Waals surface area contributed by atoms with Crippen molar-refractivity contribution in [2.45, 2.75) is 5.41 Å². The predicted octanol–water partition coefficient (Wildman–Crippen LogP) is 15.1. The van der Waals surface area contributed by atoms with Crippen molar-refractivity contribution in [3.05, 3.63) is 235 Å². The maximum atomic E-state index is 2.56. The van der Waals surface area contributed by atoms with Crippen molar-refractivity contribution in [3.8, 4) is 55.6 Å². The summed E-state index contributed by atoms with van der Waals surface area (Å²) in [7, 11) is 0. The Morgan fingerprint density at radius 1 is 0.293 bits per heavy atom. The fraction of sp³-hybridized carbons (Fsp3) is 0.0175. The molecule has 0 bridgehead atoms. The third-order valence-electron chi connectivity index (χ3n) is 13.2. The molecular weight excluding hydrogens is 699 g/mol. The van der Waals surface area contributed by atoms with Crippen molar-refractivity contribution < 1.29 is 0 Å². The molecule has 13 rings (SSSR count). The van der Waals surface area contributed by atoms with E-state index in [1.807, 2.05) is 0 Å². The highest BCUT2D eigenvalue weighted by molar-refractivity contribution is 6.14. The van der Waals surface area contributed by atoms with Crippen LogP contribution in [0, 0.1) is 0 Å². The first kappa shape index (κ1) is 31.7. The lowest BCUT2D eigenvalue weighted by molar-refractivity contribution is 0.793. The summed E-state index contributed by atoms with van der Waals surface area (Å²) in [6, 6.07) is 79.4. The topological polar surface area (TPSA) is 3.24 Å². The normalized spacial score (nSPS) is 13.3. The maximum Gasteiger partial charge on any atom is 0.0746 e. The highest BCUT2D eigenvalue weighted by atomic mass is 15.1. The van der Waals surface area contributed by atoms with E-state index in [0.29, 0.717) is 0 Å². The van der Waals surface area contributed by atoms with E-state index < -0.39 is 5.41 Å². The average Bonchev–Trinajstić information content (AvgIpc) is 3.76. The van der Waals surface area contributed by atoms with E-state index in [1.165, 1.54) is 111 Å². The Morgan fingerprint density at radius 3 is 1.38 bits per heavy atom. The van der Waals surface area contributed by atoms with Crippen molar-refractivity contribution >= 4 is 38.6 Å². The van der Waals surface area contributed by atoms with E-state index in [4.69, 9.17) is 0 Å². The Balaban J connectivity index is 1.10. The van der Waals surface area contributed by atoms with Gasteiger partial charge in [0.15, 0.2) is 0 Å². The minimum Gasteiger partial charge on any atom is -0.310 e. The summed E-state index contributed by atoms with van der Waals surface area (Å²) < 4.78 is 0. The molecule has 0 saturated heterocycles. The van der Waals surface area contributed by atoms with Crippen molar-refractivity contribution in [1.82, 2.24) is 0 Å². The monoisotopic (exact) mass is 733 g/mol. The quantitative estimate of drug-likeness (QED) is 0.174. The van der Waals surface area contributed by atoms with E-state index in [9.17, 15) is 0 Å². The van der Waals surface area contributed by atoms with Crippen LogP contribution in [0.5, 0.6) is 0 Å². The van der Waals surface area contributed by atoms with Gasteiger partial charge in [-0.15, -0.1) is 0 Å². The minimum atomic E-state index is -0.494. The molecule has 0 unspecified atom stereocenters. The van der Waals surface area contributed by atoms with Crippen LogP contribution in [0.3, 0.4) is 0 Å². The lowest BCUT2D eigenvalue weighted by Gasteiger charge is -2.36. The molecule has 1 heteroatoms. The predicted molar refractivity (Wildman–Crippen MR) is 242 cm³/mol.